The topological polar surface area (TPSA) is 85.9 Å². The molecule has 0 fully saturated rings. The molecule has 0 saturated carbocycles. The van der Waals surface area contributed by atoms with Crippen molar-refractivity contribution in [1.29, 1.82) is 0 Å². The van der Waals surface area contributed by atoms with Crippen LogP contribution in [0.15, 0.2) is 78.9 Å². The Bertz CT molecular complexity index is 1360. The molecule has 0 aliphatic rings. The van der Waals surface area contributed by atoms with Crippen LogP contribution in [0.4, 0.5) is 19.3 Å². The molecule has 0 aliphatic carbocycles. The summed E-state index contributed by atoms with van der Waals surface area (Å²) >= 11 is 0. The highest BCUT2D eigenvalue weighted by Gasteiger charge is 2.36. The van der Waals surface area contributed by atoms with Gasteiger partial charge in [-0.15, -0.1) is 0 Å². The van der Waals surface area contributed by atoms with E-state index < -0.39 is 34.9 Å². The summed E-state index contributed by atoms with van der Waals surface area (Å²) in [4.78, 5) is 25.4. The van der Waals surface area contributed by atoms with Crippen LogP contribution in [-0.2, 0) is 19.0 Å². The van der Waals surface area contributed by atoms with E-state index in [2.05, 4.69) is 22.5 Å². The van der Waals surface area contributed by atoms with Crippen molar-refractivity contribution in [1.82, 2.24) is 5.32 Å². The number of anilines is 1. The Morgan fingerprint density at radius 3 is 2.20 bits per heavy atom. The van der Waals surface area contributed by atoms with Gasteiger partial charge in [-0.05, 0) is 36.8 Å². The summed E-state index contributed by atoms with van der Waals surface area (Å²) in [6.45, 7) is 1.66. The minimum absolute atomic E-state index is 0.0998. The molecule has 3 aromatic carbocycles. The normalized spacial score (nSPS) is 12.2. The van der Waals surface area contributed by atoms with E-state index in [4.69, 9.17) is 14.2 Å². The summed E-state index contributed by atoms with van der Waals surface area (Å²) in [5, 5.41) is 4.80. The Morgan fingerprint density at radius 2 is 1.56 bits per heavy atom. The average Bonchev–Trinajstić information content (AvgIpc) is 2.95. The van der Waals surface area contributed by atoms with Crippen molar-refractivity contribution in [2.75, 3.05) is 38.9 Å². The molecule has 0 spiro atoms. The molecule has 0 saturated heterocycles. The summed E-state index contributed by atoms with van der Waals surface area (Å²) in [7, 11) is 1.39. The van der Waals surface area contributed by atoms with E-state index >= 15 is 0 Å². The number of halogens is 2. The van der Waals surface area contributed by atoms with Crippen LogP contribution in [0.5, 0.6) is 0 Å². The average molecular weight is 563 g/mol. The number of rotatable bonds is 12. The van der Waals surface area contributed by atoms with Crippen molar-refractivity contribution in [3.8, 4) is 11.8 Å². The first-order valence-electron chi connectivity index (χ1n) is 12.9. The first-order valence-corrected chi connectivity index (χ1v) is 12.9. The molecule has 0 radical (unpaired) electrons. The molecule has 2 N–H and O–H groups in total. The monoisotopic (exact) mass is 562 g/mol. The number of hydrogen-bond acceptors (Lipinski definition) is 5. The molecule has 1 atom stereocenters. The first kappa shape index (κ1) is 31.0. The maximum Gasteiger partial charge on any atom is 0.320 e. The van der Waals surface area contributed by atoms with Gasteiger partial charge in [-0.25, -0.2) is 13.6 Å². The molecular weight excluding hydrogens is 530 g/mol. The number of amides is 2. The van der Waals surface area contributed by atoms with Gasteiger partial charge in [0.2, 0.25) is 0 Å². The van der Waals surface area contributed by atoms with Gasteiger partial charge in [-0.2, -0.15) is 0 Å². The van der Waals surface area contributed by atoms with E-state index in [1.54, 1.807) is 37.3 Å². The van der Waals surface area contributed by atoms with Gasteiger partial charge in [0.15, 0.2) is 11.6 Å². The zero-order valence-corrected chi connectivity index (χ0v) is 22.9. The van der Waals surface area contributed by atoms with E-state index in [0.717, 1.165) is 17.7 Å². The maximum absolute atomic E-state index is 14.8. The SMILES string of the molecule is CCOC(=O)CC(COC)(COC/C=C/c1ccccc1)NC(=O)Nc1c(F)cc(C#Cc2ccccc2)cc1F. The molecule has 0 aliphatic heterocycles. The predicted molar refractivity (Wildman–Crippen MR) is 153 cm³/mol. The minimum Gasteiger partial charge on any atom is -0.466 e. The fraction of sp³-hybridized carbons (Fsp3) is 0.250. The molecule has 3 aromatic rings. The van der Waals surface area contributed by atoms with Crippen molar-refractivity contribution < 1.29 is 32.6 Å². The van der Waals surface area contributed by atoms with Gasteiger partial charge >= 0.3 is 12.0 Å². The second-order valence-electron chi connectivity index (χ2n) is 9.03. The second-order valence-corrected chi connectivity index (χ2v) is 9.03. The van der Waals surface area contributed by atoms with Gasteiger partial charge in [0.25, 0.3) is 0 Å². The van der Waals surface area contributed by atoms with E-state index in [1.807, 2.05) is 42.5 Å². The summed E-state index contributed by atoms with van der Waals surface area (Å²) in [6, 6.07) is 19.6. The highest BCUT2D eigenvalue weighted by Crippen LogP contribution is 2.22. The van der Waals surface area contributed by atoms with Crippen molar-refractivity contribution in [2.24, 2.45) is 0 Å². The number of methoxy groups -OCH3 is 1. The molecule has 0 bridgehead atoms. The number of hydrogen-bond donors (Lipinski definition) is 2. The van der Waals surface area contributed by atoms with Crippen LogP contribution < -0.4 is 10.6 Å². The van der Waals surface area contributed by atoms with Crippen LogP contribution in [-0.4, -0.2) is 51.1 Å². The minimum atomic E-state index is -1.39. The number of nitrogens with one attached hydrogen (secondary N) is 2. The molecular formula is C32H32F2N2O5. The number of ether oxygens (including phenoxy) is 3. The quantitative estimate of drug-likeness (QED) is 0.172. The molecule has 7 nitrogen and oxygen atoms in total. The van der Waals surface area contributed by atoms with Gasteiger partial charge in [0.1, 0.15) is 5.69 Å². The largest absolute Gasteiger partial charge is 0.466 e. The highest BCUT2D eigenvalue weighted by atomic mass is 19.1. The van der Waals surface area contributed by atoms with Crippen LogP contribution in [0.1, 0.15) is 30.0 Å². The van der Waals surface area contributed by atoms with Gasteiger partial charge < -0.3 is 24.8 Å². The molecule has 2 amide bonds. The summed E-state index contributed by atoms with van der Waals surface area (Å²) in [5.74, 6) is 2.91. The predicted octanol–water partition coefficient (Wildman–Crippen LogP) is 5.55. The molecule has 214 valence electrons. The third-order valence-electron chi connectivity index (χ3n) is 5.70. The molecule has 9 heteroatoms. The number of esters is 1. The summed E-state index contributed by atoms with van der Waals surface area (Å²) in [6.07, 6.45) is 3.34. The van der Waals surface area contributed by atoms with Crippen molar-refractivity contribution in [2.45, 2.75) is 18.9 Å². The molecule has 1 unspecified atom stereocenters. The zero-order chi connectivity index (χ0) is 29.5. The number of carbonyl (C=O) groups is 2. The molecule has 3 rings (SSSR count). The molecule has 41 heavy (non-hydrogen) atoms. The Morgan fingerprint density at radius 1 is 0.927 bits per heavy atom. The van der Waals surface area contributed by atoms with Gasteiger partial charge in [-0.1, -0.05) is 72.5 Å². The van der Waals surface area contributed by atoms with Crippen molar-refractivity contribution >= 4 is 23.8 Å². The highest BCUT2D eigenvalue weighted by molar-refractivity contribution is 5.90. The Kier molecular flexibility index (Phi) is 12.0. The van der Waals surface area contributed by atoms with Crippen molar-refractivity contribution in [3.05, 3.63) is 107 Å². The van der Waals surface area contributed by atoms with Crippen LogP contribution >= 0.6 is 0 Å². The standard InChI is InChI=1S/C32H32F2N2O5/c1-3-41-29(37)21-32(22-39-2,23-40-18-10-15-24-11-6-4-7-12-24)36-31(38)35-30-27(33)19-26(20-28(30)34)17-16-25-13-8-5-9-14-25/h4-15,19-20H,3,18,21-23H2,1-2H3,(H2,35,36,38)/b15-10+. The third-order valence-corrected chi connectivity index (χ3v) is 5.70. The van der Waals surface area contributed by atoms with Crippen LogP contribution in [0.2, 0.25) is 0 Å². The lowest BCUT2D eigenvalue weighted by Gasteiger charge is -2.33. The fourth-order valence-corrected chi connectivity index (χ4v) is 3.91. The second kappa shape index (κ2) is 15.9. The van der Waals surface area contributed by atoms with Gasteiger partial charge in [0.05, 0.1) is 38.4 Å². The van der Waals surface area contributed by atoms with Crippen LogP contribution in [0.3, 0.4) is 0 Å². The first-order chi connectivity index (χ1) is 19.8. The van der Waals surface area contributed by atoms with E-state index in [1.165, 1.54) is 7.11 Å². The van der Waals surface area contributed by atoms with E-state index in [0.29, 0.717) is 5.56 Å². The fourth-order valence-electron chi connectivity index (χ4n) is 3.91. The molecule has 0 heterocycles. The Balaban J connectivity index is 1.73. The van der Waals surface area contributed by atoms with Gasteiger partial charge in [0, 0.05) is 18.2 Å². The lowest BCUT2D eigenvalue weighted by Crippen LogP contribution is -2.57. The Labute approximate surface area is 238 Å². The van der Waals surface area contributed by atoms with Gasteiger partial charge in [-0.3, -0.25) is 4.79 Å². The zero-order valence-electron chi connectivity index (χ0n) is 22.9. The maximum atomic E-state index is 14.8. The summed E-state index contributed by atoms with van der Waals surface area (Å²) in [5.41, 5.74) is -0.294. The van der Waals surface area contributed by atoms with Crippen LogP contribution in [0, 0.1) is 23.5 Å². The lowest BCUT2D eigenvalue weighted by molar-refractivity contribution is -0.146. The molecule has 0 aromatic heterocycles. The summed E-state index contributed by atoms with van der Waals surface area (Å²) < 4.78 is 45.8. The van der Waals surface area contributed by atoms with E-state index in [-0.39, 0.29) is 38.4 Å². The lowest BCUT2D eigenvalue weighted by atomic mass is 9.97. The Hall–Kier alpha value is -4.52. The number of carbonyl (C=O) groups excluding carboxylic acids is 2. The smallest absolute Gasteiger partial charge is 0.320 e. The van der Waals surface area contributed by atoms with Crippen molar-refractivity contribution in [3.63, 3.8) is 0 Å². The number of urea groups is 1. The van der Waals surface area contributed by atoms with Crippen LogP contribution in [0.25, 0.3) is 6.08 Å². The van der Waals surface area contributed by atoms with E-state index in [9.17, 15) is 18.4 Å². The number of benzene rings is 3. The third kappa shape index (κ3) is 10.2.